The topological polar surface area (TPSA) is 61.3 Å². The Hall–Kier alpha value is -2.60. The number of ether oxygens (including phenoxy) is 2. The van der Waals surface area contributed by atoms with Crippen LogP contribution >= 0.6 is 11.8 Å². The van der Waals surface area contributed by atoms with Crippen molar-refractivity contribution >= 4 is 28.6 Å². The van der Waals surface area contributed by atoms with E-state index in [-0.39, 0.29) is 17.8 Å². The second kappa shape index (κ2) is 9.27. The highest BCUT2D eigenvalue weighted by atomic mass is 32.2. The van der Waals surface area contributed by atoms with Gasteiger partial charge < -0.3 is 9.47 Å². The molecule has 0 amide bonds. The third kappa shape index (κ3) is 4.88. The van der Waals surface area contributed by atoms with Crippen LogP contribution in [0.25, 0.3) is 22.3 Å². The van der Waals surface area contributed by atoms with Crippen molar-refractivity contribution in [1.82, 2.24) is 9.97 Å². The minimum absolute atomic E-state index is 0.0685. The predicted octanol–water partition coefficient (Wildman–Crippen LogP) is 5.27. The molecule has 5 nitrogen and oxygen atoms in total. The summed E-state index contributed by atoms with van der Waals surface area (Å²) >= 11 is 1.39. The number of rotatable bonds is 6. The molecule has 0 saturated heterocycles. The number of esters is 1. The third-order valence-corrected chi connectivity index (χ3v) is 6.04. The summed E-state index contributed by atoms with van der Waals surface area (Å²) in [4.78, 5) is 21.8. The highest BCUT2D eigenvalue weighted by molar-refractivity contribution is 8.00. The van der Waals surface area contributed by atoms with Gasteiger partial charge in [0.15, 0.2) is 5.82 Å². The van der Waals surface area contributed by atoms with E-state index >= 15 is 0 Å². The van der Waals surface area contributed by atoms with Gasteiger partial charge in [0.25, 0.3) is 0 Å². The van der Waals surface area contributed by atoms with Crippen LogP contribution in [0.5, 0.6) is 5.75 Å². The van der Waals surface area contributed by atoms with Crippen LogP contribution in [0.1, 0.15) is 32.1 Å². The van der Waals surface area contributed by atoms with Gasteiger partial charge in [-0.2, -0.15) is 0 Å². The Morgan fingerprint density at radius 2 is 1.86 bits per heavy atom. The number of hydrogen-bond acceptors (Lipinski definition) is 6. The van der Waals surface area contributed by atoms with Crippen LogP contribution in [-0.4, -0.2) is 34.9 Å². The number of hydrogen-bond donors (Lipinski definition) is 0. The number of fused-ring (bicyclic) bond motifs is 1. The molecule has 2 aromatic carbocycles. The van der Waals surface area contributed by atoms with E-state index in [9.17, 15) is 4.79 Å². The van der Waals surface area contributed by atoms with E-state index < -0.39 is 0 Å². The lowest BCUT2D eigenvalue weighted by Gasteiger charge is -2.21. The summed E-state index contributed by atoms with van der Waals surface area (Å²) in [7, 11) is 1.63. The SMILES string of the molecule is COc1ccc2nc(-c3ccccc3)nc(SCC(=O)OC3CCCCC3)c2c1. The Morgan fingerprint density at radius 1 is 1.07 bits per heavy atom. The van der Waals surface area contributed by atoms with Gasteiger partial charge in [-0.25, -0.2) is 9.97 Å². The molecule has 150 valence electrons. The van der Waals surface area contributed by atoms with Gasteiger partial charge in [-0.1, -0.05) is 48.5 Å². The minimum atomic E-state index is -0.183. The Morgan fingerprint density at radius 3 is 2.62 bits per heavy atom. The van der Waals surface area contributed by atoms with Gasteiger partial charge in [-0.3, -0.25) is 4.79 Å². The normalized spacial score (nSPS) is 14.7. The zero-order valence-corrected chi connectivity index (χ0v) is 17.3. The lowest BCUT2D eigenvalue weighted by Crippen LogP contribution is -2.21. The van der Waals surface area contributed by atoms with E-state index in [1.165, 1.54) is 18.2 Å². The summed E-state index contributed by atoms with van der Waals surface area (Å²) in [5.74, 6) is 1.43. The Balaban J connectivity index is 1.59. The van der Waals surface area contributed by atoms with Gasteiger partial charge in [-0.05, 0) is 43.9 Å². The second-order valence-corrected chi connectivity index (χ2v) is 8.10. The molecule has 3 aromatic rings. The maximum atomic E-state index is 12.4. The molecule has 0 aliphatic heterocycles. The molecule has 4 rings (SSSR count). The fraction of sp³-hybridized carbons (Fsp3) is 0.348. The molecular formula is C23H24N2O3S. The van der Waals surface area contributed by atoms with E-state index in [1.807, 2.05) is 48.5 Å². The highest BCUT2D eigenvalue weighted by Crippen LogP contribution is 2.31. The summed E-state index contributed by atoms with van der Waals surface area (Å²) in [5.41, 5.74) is 1.76. The van der Waals surface area contributed by atoms with E-state index in [0.717, 1.165) is 52.9 Å². The Kier molecular flexibility index (Phi) is 6.30. The number of thioether (sulfide) groups is 1. The molecule has 1 fully saturated rings. The van der Waals surface area contributed by atoms with E-state index in [1.54, 1.807) is 7.11 Å². The number of carbonyl (C=O) groups is 1. The summed E-state index contributed by atoms with van der Waals surface area (Å²) < 4.78 is 11.0. The molecule has 29 heavy (non-hydrogen) atoms. The van der Waals surface area contributed by atoms with Crippen molar-refractivity contribution in [2.24, 2.45) is 0 Å². The van der Waals surface area contributed by atoms with Crippen molar-refractivity contribution < 1.29 is 14.3 Å². The average Bonchev–Trinajstić information content (AvgIpc) is 2.78. The minimum Gasteiger partial charge on any atom is -0.497 e. The van der Waals surface area contributed by atoms with Gasteiger partial charge in [-0.15, -0.1) is 0 Å². The molecule has 0 unspecified atom stereocenters. The zero-order valence-electron chi connectivity index (χ0n) is 16.5. The number of nitrogens with zero attached hydrogens (tertiary/aromatic N) is 2. The van der Waals surface area contributed by atoms with E-state index in [4.69, 9.17) is 19.4 Å². The first-order valence-electron chi connectivity index (χ1n) is 9.96. The number of carbonyl (C=O) groups excluding carboxylic acids is 1. The van der Waals surface area contributed by atoms with E-state index in [2.05, 4.69) is 0 Å². The number of benzene rings is 2. The van der Waals surface area contributed by atoms with Crippen LogP contribution in [0.3, 0.4) is 0 Å². The molecule has 1 saturated carbocycles. The van der Waals surface area contributed by atoms with Crippen LogP contribution in [0.15, 0.2) is 53.6 Å². The van der Waals surface area contributed by atoms with Crippen molar-refractivity contribution in [2.75, 3.05) is 12.9 Å². The standard InChI is InChI=1S/C23H24N2O3S/c1-27-18-12-13-20-19(14-18)23(25-22(24-20)16-8-4-2-5-9-16)29-15-21(26)28-17-10-6-3-7-11-17/h2,4-5,8-9,12-14,17H,3,6-7,10-11,15H2,1H3. The molecule has 6 heteroatoms. The van der Waals surface area contributed by atoms with Gasteiger partial charge in [0.1, 0.15) is 16.9 Å². The molecule has 0 atom stereocenters. The maximum absolute atomic E-state index is 12.4. The second-order valence-electron chi connectivity index (χ2n) is 7.14. The van der Waals surface area contributed by atoms with Gasteiger partial charge >= 0.3 is 5.97 Å². The summed E-state index contributed by atoms with van der Waals surface area (Å²) in [6, 6.07) is 15.6. The fourth-order valence-corrected chi connectivity index (χ4v) is 4.36. The van der Waals surface area contributed by atoms with Crippen molar-refractivity contribution in [3.8, 4) is 17.1 Å². The lowest BCUT2D eigenvalue weighted by molar-refractivity contribution is -0.147. The van der Waals surface area contributed by atoms with Gasteiger partial charge in [0.2, 0.25) is 0 Å². The number of methoxy groups -OCH3 is 1. The highest BCUT2D eigenvalue weighted by Gasteiger charge is 2.19. The smallest absolute Gasteiger partial charge is 0.316 e. The Bertz CT molecular complexity index is 988. The molecule has 0 N–H and O–H groups in total. The van der Waals surface area contributed by atoms with Crippen molar-refractivity contribution in [2.45, 2.75) is 43.2 Å². The fourth-order valence-electron chi connectivity index (χ4n) is 3.56. The van der Waals surface area contributed by atoms with Gasteiger partial charge in [0, 0.05) is 10.9 Å². The molecular weight excluding hydrogens is 384 g/mol. The molecule has 1 heterocycles. The zero-order chi connectivity index (χ0) is 20.1. The summed E-state index contributed by atoms with van der Waals surface area (Å²) in [5, 5.41) is 1.63. The monoisotopic (exact) mass is 408 g/mol. The predicted molar refractivity (Wildman–Crippen MR) is 115 cm³/mol. The molecule has 1 aromatic heterocycles. The first-order chi connectivity index (χ1) is 14.2. The first-order valence-corrected chi connectivity index (χ1v) is 10.9. The first kappa shape index (κ1) is 19.7. The molecule has 0 radical (unpaired) electrons. The summed E-state index contributed by atoms with van der Waals surface area (Å²) in [6.45, 7) is 0. The number of aromatic nitrogens is 2. The molecule has 1 aliphatic carbocycles. The van der Waals surface area contributed by atoms with E-state index in [0.29, 0.717) is 5.82 Å². The van der Waals surface area contributed by atoms with Crippen LogP contribution in [-0.2, 0) is 9.53 Å². The van der Waals surface area contributed by atoms with Crippen molar-refractivity contribution in [3.63, 3.8) is 0 Å². The van der Waals surface area contributed by atoms with Crippen LogP contribution in [0.2, 0.25) is 0 Å². The van der Waals surface area contributed by atoms with Crippen LogP contribution < -0.4 is 4.74 Å². The van der Waals surface area contributed by atoms with Crippen molar-refractivity contribution in [1.29, 1.82) is 0 Å². The molecule has 0 spiro atoms. The molecule has 1 aliphatic rings. The largest absolute Gasteiger partial charge is 0.497 e. The lowest BCUT2D eigenvalue weighted by atomic mass is 9.98. The van der Waals surface area contributed by atoms with Crippen LogP contribution in [0, 0.1) is 0 Å². The quantitative estimate of drug-likeness (QED) is 0.314. The Labute approximate surface area is 174 Å². The maximum Gasteiger partial charge on any atom is 0.316 e. The summed E-state index contributed by atoms with van der Waals surface area (Å²) in [6.07, 6.45) is 5.53. The molecule has 0 bridgehead atoms. The van der Waals surface area contributed by atoms with Crippen molar-refractivity contribution in [3.05, 3.63) is 48.5 Å². The van der Waals surface area contributed by atoms with Gasteiger partial charge in [0.05, 0.1) is 18.4 Å². The average molecular weight is 409 g/mol. The van der Waals surface area contributed by atoms with Crippen LogP contribution in [0.4, 0.5) is 0 Å². The third-order valence-electron chi connectivity index (χ3n) is 5.08.